The normalized spacial score (nSPS) is 21.8. The lowest BCUT2D eigenvalue weighted by Gasteiger charge is -2.44. The number of rotatable bonds is 11. The smallest absolute Gasteiger partial charge is 0.246 e. The fourth-order valence-electron chi connectivity index (χ4n) is 5.74. The average Bonchev–Trinajstić information content (AvgIpc) is 2.93. The molecule has 0 spiro atoms. The molecule has 1 atom stereocenters. The predicted molar refractivity (Wildman–Crippen MR) is 159 cm³/mol. The summed E-state index contributed by atoms with van der Waals surface area (Å²) >= 11 is 12.2. The van der Waals surface area contributed by atoms with Crippen molar-refractivity contribution in [3.05, 3.63) is 64.1 Å². The minimum Gasteiger partial charge on any atom is -0.370 e. The van der Waals surface area contributed by atoms with Crippen molar-refractivity contribution in [1.82, 2.24) is 19.4 Å². The van der Waals surface area contributed by atoms with Crippen LogP contribution in [0.4, 0.5) is 0 Å². The number of nitrogens with zero attached hydrogens (tertiary/aromatic N) is 3. The lowest BCUT2D eigenvalue weighted by Crippen LogP contribution is -2.48. The first-order chi connectivity index (χ1) is 19.2. The Labute approximate surface area is 248 Å². The van der Waals surface area contributed by atoms with E-state index in [0.717, 1.165) is 56.2 Å². The molecule has 4 rings (SSSR count). The van der Waals surface area contributed by atoms with E-state index in [2.05, 4.69) is 52.5 Å². The second-order valence-corrected chi connectivity index (χ2v) is 13.6. The Morgan fingerprint density at radius 1 is 1.00 bits per heavy atom. The number of halogens is 2. The van der Waals surface area contributed by atoms with Crippen LogP contribution in [0.3, 0.4) is 0 Å². The quantitative estimate of drug-likeness (QED) is 0.382. The number of likely N-dealkylation sites (N-methyl/N-ethyl adjacent to an activating group) is 2. The zero-order valence-electron chi connectivity index (χ0n) is 23.3. The van der Waals surface area contributed by atoms with Gasteiger partial charge in [-0.3, -0.25) is 9.69 Å². The molecule has 1 aliphatic carbocycles. The Hall–Kier alpha value is -1.72. The highest BCUT2D eigenvalue weighted by Gasteiger charge is 2.34. The lowest BCUT2D eigenvalue weighted by atomic mass is 9.78. The largest absolute Gasteiger partial charge is 0.370 e. The molecule has 0 radical (unpaired) electrons. The monoisotopic (exact) mass is 610 g/mol. The minimum absolute atomic E-state index is 0.0630. The third kappa shape index (κ3) is 7.97. The molecule has 220 valence electrons. The van der Waals surface area contributed by atoms with Gasteiger partial charge in [0.15, 0.2) is 0 Å². The van der Waals surface area contributed by atoms with E-state index >= 15 is 0 Å². The van der Waals surface area contributed by atoms with Crippen LogP contribution in [-0.4, -0.2) is 94.5 Å². The van der Waals surface area contributed by atoms with Crippen LogP contribution in [0.25, 0.3) is 0 Å². The van der Waals surface area contributed by atoms with Crippen molar-refractivity contribution in [2.75, 3.05) is 60.0 Å². The zero-order valence-corrected chi connectivity index (χ0v) is 25.6. The molecule has 1 amide bonds. The molecule has 40 heavy (non-hydrogen) atoms. The summed E-state index contributed by atoms with van der Waals surface area (Å²) in [5.74, 6) is 0.376. The van der Waals surface area contributed by atoms with Crippen LogP contribution in [0, 0.1) is 5.92 Å². The number of carbonyl (C=O) groups excluding carboxylic acids is 1. The van der Waals surface area contributed by atoms with Gasteiger partial charge in [0, 0.05) is 51.9 Å². The summed E-state index contributed by atoms with van der Waals surface area (Å²) in [4.78, 5) is 17.5. The average molecular weight is 612 g/mol. The Bertz CT molecular complexity index is 1200. The molecule has 1 unspecified atom stereocenters. The summed E-state index contributed by atoms with van der Waals surface area (Å²) < 4.78 is 32.4. The molecule has 1 saturated heterocycles. The van der Waals surface area contributed by atoms with Gasteiger partial charge in [0.2, 0.25) is 15.9 Å². The third-order valence-electron chi connectivity index (χ3n) is 8.03. The maximum absolute atomic E-state index is 12.9. The van der Waals surface area contributed by atoms with Gasteiger partial charge in [0.1, 0.15) is 11.5 Å². The molecular formula is C29H40Cl2N4O4S. The highest BCUT2D eigenvalue weighted by atomic mass is 35.5. The number of amides is 1. The highest BCUT2D eigenvalue weighted by Crippen LogP contribution is 2.39. The van der Waals surface area contributed by atoms with E-state index < -0.39 is 10.0 Å². The van der Waals surface area contributed by atoms with Crippen molar-refractivity contribution < 1.29 is 17.9 Å². The number of carbonyl (C=O) groups is 1. The van der Waals surface area contributed by atoms with Gasteiger partial charge < -0.3 is 15.0 Å². The second-order valence-electron chi connectivity index (χ2n) is 10.8. The first-order valence-electron chi connectivity index (χ1n) is 13.9. The van der Waals surface area contributed by atoms with Gasteiger partial charge in [-0.15, -0.1) is 0 Å². The maximum atomic E-state index is 12.9. The SMILES string of the molecule is CN1CCN(C(c2ccccc2)C2CCC(NC(=O)COCCN(C)S(=O)(=O)c3c(Cl)cccc3Cl)CC2)CC1. The number of sulfonamides is 1. The summed E-state index contributed by atoms with van der Waals surface area (Å²) in [6.45, 7) is 4.35. The first-order valence-corrected chi connectivity index (χ1v) is 16.1. The molecule has 1 saturated carbocycles. The molecule has 1 aliphatic heterocycles. The summed E-state index contributed by atoms with van der Waals surface area (Å²) in [6.07, 6.45) is 4.00. The second kappa shape index (κ2) is 14.4. The van der Waals surface area contributed by atoms with E-state index in [1.165, 1.54) is 24.7 Å². The molecule has 1 heterocycles. The van der Waals surface area contributed by atoms with E-state index in [1.54, 1.807) is 6.07 Å². The van der Waals surface area contributed by atoms with Crippen LogP contribution >= 0.6 is 23.2 Å². The van der Waals surface area contributed by atoms with E-state index in [4.69, 9.17) is 27.9 Å². The molecule has 0 bridgehead atoms. The molecule has 0 aromatic heterocycles. The standard InChI is InChI=1S/C29H40Cl2N4O4S/c1-33-15-17-35(18-16-33)28(22-7-4-3-5-8-22)23-11-13-24(14-12-23)32-27(36)21-39-20-19-34(2)40(37,38)29-25(30)9-6-10-26(29)31/h3-10,23-24,28H,11-21H2,1-2H3,(H,32,36). The minimum atomic E-state index is -3.88. The van der Waals surface area contributed by atoms with Crippen LogP contribution in [0.5, 0.6) is 0 Å². The van der Waals surface area contributed by atoms with Crippen molar-refractivity contribution in [2.45, 2.75) is 42.7 Å². The van der Waals surface area contributed by atoms with Crippen LogP contribution in [-0.2, 0) is 19.6 Å². The van der Waals surface area contributed by atoms with Gasteiger partial charge in [0.25, 0.3) is 0 Å². The summed E-state index contributed by atoms with van der Waals surface area (Å²) in [6, 6.07) is 15.9. The van der Waals surface area contributed by atoms with E-state index in [9.17, 15) is 13.2 Å². The van der Waals surface area contributed by atoms with Crippen molar-refractivity contribution >= 4 is 39.1 Å². The van der Waals surface area contributed by atoms with E-state index in [1.807, 2.05) is 0 Å². The first kappa shape index (κ1) is 31.2. The zero-order chi connectivity index (χ0) is 28.7. The van der Waals surface area contributed by atoms with Crippen molar-refractivity contribution in [1.29, 1.82) is 0 Å². The van der Waals surface area contributed by atoms with Crippen molar-refractivity contribution in [3.8, 4) is 0 Å². The molecule has 2 fully saturated rings. The lowest BCUT2D eigenvalue weighted by molar-refractivity contribution is -0.126. The third-order valence-corrected chi connectivity index (χ3v) is 10.8. The number of benzene rings is 2. The molecule has 2 aliphatic rings. The maximum Gasteiger partial charge on any atom is 0.246 e. The number of hydrogen-bond donors (Lipinski definition) is 1. The van der Waals surface area contributed by atoms with Gasteiger partial charge in [0.05, 0.1) is 16.7 Å². The van der Waals surface area contributed by atoms with Crippen LogP contribution < -0.4 is 5.32 Å². The Kier molecular flexibility index (Phi) is 11.3. The molecule has 2 aromatic carbocycles. The summed E-state index contributed by atoms with van der Waals surface area (Å²) in [7, 11) is -0.268. The molecular weight excluding hydrogens is 571 g/mol. The number of hydrogen-bond acceptors (Lipinski definition) is 6. The molecule has 11 heteroatoms. The number of piperazine rings is 1. The van der Waals surface area contributed by atoms with Gasteiger partial charge in [-0.25, -0.2) is 8.42 Å². The number of ether oxygens (including phenoxy) is 1. The summed E-state index contributed by atoms with van der Waals surface area (Å²) in [5.41, 5.74) is 1.39. The molecule has 2 aromatic rings. The van der Waals surface area contributed by atoms with Gasteiger partial charge >= 0.3 is 0 Å². The van der Waals surface area contributed by atoms with Crippen LogP contribution in [0.1, 0.15) is 37.3 Å². The van der Waals surface area contributed by atoms with Gasteiger partial charge in [-0.2, -0.15) is 4.31 Å². The highest BCUT2D eigenvalue weighted by molar-refractivity contribution is 7.89. The Balaban J connectivity index is 1.21. The topological polar surface area (TPSA) is 82.2 Å². The van der Waals surface area contributed by atoms with E-state index in [-0.39, 0.29) is 46.6 Å². The number of nitrogens with one attached hydrogen (secondary N) is 1. The van der Waals surface area contributed by atoms with E-state index in [0.29, 0.717) is 12.0 Å². The molecule has 1 N–H and O–H groups in total. The van der Waals surface area contributed by atoms with Gasteiger partial charge in [-0.05, 0) is 56.3 Å². The fraction of sp³-hybridized carbons (Fsp3) is 0.552. The summed E-state index contributed by atoms with van der Waals surface area (Å²) in [5, 5.41) is 3.24. The van der Waals surface area contributed by atoms with Crippen molar-refractivity contribution in [3.63, 3.8) is 0 Å². The molecule has 8 nitrogen and oxygen atoms in total. The van der Waals surface area contributed by atoms with Crippen molar-refractivity contribution in [2.24, 2.45) is 5.92 Å². The van der Waals surface area contributed by atoms with Crippen LogP contribution in [0.2, 0.25) is 10.0 Å². The Morgan fingerprint density at radius 2 is 1.62 bits per heavy atom. The predicted octanol–water partition coefficient (Wildman–Crippen LogP) is 4.29. The Morgan fingerprint density at radius 3 is 2.25 bits per heavy atom. The van der Waals surface area contributed by atoms with Gasteiger partial charge in [-0.1, -0.05) is 59.6 Å². The van der Waals surface area contributed by atoms with Crippen LogP contribution in [0.15, 0.2) is 53.4 Å². The fourth-order valence-corrected chi connectivity index (χ4v) is 7.98.